The van der Waals surface area contributed by atoms with E-state index in [9.17, 15) is 9.18 Å². The molecule has 0 saturated heterocycles. The topological polar surface area (TPSA) is 20.3 Å². The van der Waals surface area contributed by atoms with Crippen LogP contribution in [0.4, 0.5) is 10.1 Å². The van der Waals surface area contributed by atoms with Gasteiger partial charge in [-0.3, -0.25) is 4.79 Å². The molecule has 2 aromatic rings. The smallest absolute Gasteiger partial charge is 0.185 e. The number of carbonyl (C=O) groups is 1. The molecule has 0 spiro atoms. The minimum absolute atomic E-state index is 0.0991. The van der Waals surface area contributed by atoms with Gasteiger partial charge in [-0.05, 0) is 35.9 Å². The van der Waals surface area contributed by atoms with Gasteiger partial charge in [0.05, 0.1) is 0 Å². The van der Waals surface area contributed by atoms with Gasteiger partial charge in [0, 0.05) is 25.3 Å². The first kappa shape index (κ1) is 14.0. The molecule has 0 aromatic heterocycles. The molecule has 102 valence electrons. The fraction of sp³-hybridized carbons (Fsp3) is 0.118. The van der Waals surface area contributed by atoms with Crippen LogP contribution in [0.25, 0.3) is 6.08 Å². The Balaban J connectivity index is 2.18. The average Bonchev–Trinajstić information content (AvgIpc) is 2.45. The zero-order valence-electron chi connectivity index (χ0n) is 11.5. The number of carbonyl (C=O) groups excluding carboxylic acids is 1. The van der Waals surface area contributed by atoms with Gasteiger partial charge in [-0.1, -0.05) is 30.3 Å². The molecule has 0 saturated carbocycles. The Bertz CT molecular complexity index is 647. The van der Waals surface area contributed by atoms with Crippen molar-refractivity contribution in [3.8, 4) is 0 Å². The predicted octanol–water partition coefficient (Wildman–Crippen LogP) is 3.79. The summed E-state index contributed by atoms with van der Waals surface area (Å²) in [7, 11) is 3.85. The van der Waals surface area contributed by atoms with E-state index in [0.29, 0.717) is 11.1 Å². The van der Waals surface area contributed by atoms with Crippen LogP contribution in [0.2, 0.25) is 0 Å². The number of hydrogen-bond donors (Lipinski definition) is 0. The standard InChI is InChI=1S/C17H16FNO/c1-19(2)16-8-4-6-14(12-16)17(20)10-9-13-5-3-7-15(18)11-13/h3-12H,1-2H3. The Morgan fingerprint density at radius 3 is 2.55 bits per heavy atom. The number of ketones is 1. The minimum Gasteiger partial charge on any atom is -0.378 e. The predicted molar refractivity (Wildman–Crippen MR) is 80.5 cm³/mol. The number of anilines is 1. The molecule has 0 N–H and O–H groups in total. The summed E-state index contributed by atoms with van der Waals surface area (Å²) in [6.07, 6.45) is 3.08. The second-order valence-electron chi connectivity index (χ2n) is 4.70. The molecular weight excluding hydrogens is 253 g/mol. The normalized spacial score (nSPS) is 10.8. The fourth-order valence-corrected chi connectivity index (χ4v) is 1.82. The highest BCUT2D eigenvalue weighted by molar-refractivity contribution is 6.07. The average molecular weight is 269 g/mol. The molecule has 2 rings (SSSR count). The highest BCUT2D eigenvalue weighted by Gasteiger charge is 2.03. The van der Waals surface area contributed by atoms with Crippen LogP contribution in [0.5, 0.6) is 0 Å². The maximum atomic E-state index is 13.0. The van der Waals surface area contributed by atoms with Crippen molar-refractivity contribution in [2.24, 2.45) is 0 Å². The van der Waals surface area contributed by atoms with Crippen molar-refractivity contribution in [3.63, 3.8) is 0 Å². The minimum atomic E-state index is -0.311. The Labute approximate surface area is 118 Å². The number of halogens is 1. The molecule has 0 unspecified atom stereocenters. The lowest BCUT2D eigenvalue weighted by molar-refractivity contribution is 0.104. The molecule has 20 heavy (non-hydrogen) atoms. The van der Waals surface area contributed by atoms with Crippen LogP contribution in [-0.2, 0) is 0 Å². The zero-order chi connectivity index (χ0) is 14.5. The first-order chi connectivity index (χ1) is 9.56. The van der Waals surface area contributed by atoms with Crippen molar-refractivity contribution in [1.82, 2.24) is 0 Å². The van der Waals surface area contributed by atoms with E-state index in [1.165, 1.54) is 18.2 Å². The van der Waals surface area contributed by atoms with E-state index in [-0.39, 0.29) is 11.6 Å². The maximum Gasteiger partial charge on any atom is 0.185 e. The van der Waals surface area contributed by atoms with Crippen molar-refractivity contribution in [2.45, 2.75) is 0 Å². The van der Waals surface area contributed by atoms with Crippen molar-refractivity contribution < 1.29 is 9.18 Å². The molecule has 0 atom stereocenters. The number of benzene rings is 2. The Morgan fingerprint density at radius 1 is 1.10 bits per heavy atom. The third kappa shape index (κ3) is 3.54. The summed E-state index contributed by atoms with van der Waals surface area (Å²) in [4.78, 5) is 14.0. The van der Waals surface area contributed by atoms with Crippen LogP contribution in [0.1, 0.15) is 15.9 Å². The van der Waals surface area contributed by atoms with E-state index in [1.54, 1.807) is 24.3 Å². The van der Waals surface area contributed by atoms with Gasteiger partial charge in [0.1, 0.15) is 5.82 Å². The van der Waals surface area contributed by atoms with Gasteiger partial charge in [0.25, 0.3) is 0 Å². The number of nitrogens with zero attached hydrogens (tertiary/aromatic N) is 1. The van der Waals surface area contributed by atoms with Crippen molar-refractivity contribution in [2.75, 3.05) is 19.0 Å². The van der Waals surface area contributed by atoms with E-state index in [4.69, 9.17) is 0 Å². The van der Waals surface area contributed by atoms with Crippen molar-refractivity contribution in [1.29, 1.82) is 0 Å². The highest BCUT2D eigenvalue weighted by atomic mass is 19.1. The van der Waals surface area contributed by atoms with Crippen LogP contribution < -0.4 is 4.90 Å². The second-order valence-corrected chi connectivity index (χ2v) is 4.70. The van der Waals surface area contributed by atoms with Crippen LogP contribution in [-0.4, -0.2) is 19.9 Å². The van der Waals surface area contributed by atoms with E-state index in [2.05, 4.69) is 0 Å². The van der Waals surface area contributed by atoms with Crippen LogP contribution in [0, 0.1) is 5.82 Å². The molecular formula is C17H16FNO. The van der Waals surface area contributed by atoms with Gasteiger partial charge < -0.3 is 4.90 Å². The van der Waals surface area contributed by atoms with Crippen LogP contribution in [0.3, 0.4) is 0 Å². The first-order valence-electron chi connectivity index (χ1n) is 6.31. The Hall–Kier alpha value is -2.42. The Kier molecular flexibility index (Phi) is 4.31. The van der Waals surface area contributed by atoms with Crippen LogP contribution in [0.15, 0.2) is 54.6 Å². The molecule has 2 aromatic carbocycles. The number of rotatable bonds is 4. The summed E-state index contributed by atoms with van der Waals surface area (Å²) >= 11 is 0. The van der Waals surface area contributed by atoms with Gasteiger partial charge in [0.15, 0.2) is 5.78 Å². The molecule has 0 radical (unpaired) electrons. The summed E-state index contributed by atoms with van der Waals surface area (Å²) < 4.78 is 13.0. The monoisotopic (exact) mass is 269 g/mol. The highest BCUT2D eigenvalue weighted by Crippen LogP contribution is 2.15. The fourth-order valence-electron chi connectivity index (χ4n) is 1.82. The molecule has 0 aliphatic heterocycles. The molecule has 0 fully saturated rings. The van der Waals surface area contributed by atoms with Crippen LogP contribution >= 0.6 is 0 Å². The summed E-state index contributed by atoms with van der Waals surface area (Å²) in [6.45, 7) is 0. The summed E-state index contributed by atoms with van der Waals surface area (Å²) in [5.41, 5.74) is 2.25. The molecule has 0 bridgehead atoms. The summed E-state index contributed by atoms with van der Waals surface area (Å²) in [6, 6.07) is 13.5. The van der Waals surface area contributed by atoms with Gasteiger partial charge in [-0.15, -0.1) is 0 Å². The zero-order valence-corrected chi connectivity index (χ0v) is 11.5. The largest absolute Gasteiger partial charge is 0.378 e. The van der Waals surface area contributed by atoms with E-state index in [1.807, 2.05) is 37.2 Å². The summed E-state index contributed by atoms with van der Waals surface area (Å²) in [5.74, 6) is -0.410. The molecule has 0 heterocycles. The summed E-state index contributed by atoms with van der Waals surface area (Å²) in [5, 5.41) is 0. The maximum absolute atomic E-state index is 13.0. The van der Waals surface area contributed by atoms with E-state index >= 15 is 0 Å². The number of hydrogen-bond acceptors (Lipinski definition) is 2. The number of allylic oxidation sites excluding steroid dienone is 1. The third-order valence-electron chi connectivity index (χ3n) is 2.92. The van der Waals surface area contributed by atoms with Gasteiger partial charge >= 0.3 is 0 Å². The Morgan fingerprint density at radius 2 is 1.85 bits per heavy atom. The van der Waals surface area contributed by atoms with Gasteiger partial charge in [0.2, 0.25) is 0 Å². The van der Waals surface area contributed by atoms with Gasteiger partial charge in [-0.2, -0.15) is 0 Å². The molecule has 2 nitrogen and oxygen atoms in total. The molecule has 0 aliphatic rings. The quantitative estimate of drug-likeness (QED) is 0.621. The molecule has 0 amide bonds. The van der Waals surface area contributed by atoms with Crippen molar-refractivity contribution in [3.05, 3.63) is 71.6 Å². The first-order valence-corrected chi connectivity index (χ1v) is 6.31. The third-order valence-corrected chi connectivity index (χ3v) is 2.92. The van der Waals surface area contributed by atoms with E-state index in [0.717, 1.165) is 5.69 Å². The lowest BCUT2D eigenvalue weighted by atomic mass is 10.1. The SMILES string of the molecule is CN(C)c1cccc(C(=O)C=Cc2cccc(F)c2)c1. The lowest BCUT2D eigenvalue weighted by Gasteiger charge is -2.12. The molecule has 0 aliphatic carbocycles. The van der Waals surface area contributed by atoms with Gasteiger partial charge in [-0.25, -0.2) is 4.39 Å². The van der Waals surface area contributed by atoms with Crippen molar-refractivity contribution >= 4 is 17.5 Å². The molecule has 3 heteroatoms. The lowest BCUT2D eigenvalue weighted by Crippen LogP contribution is -2.09. The second kappa shape index (κ2) is 6.15. The van der Waals surface area contributed by atoms with E-state index < -0.39 is 0 Å².